The first-order valence-electron chi connectivity index (χ1n) is 17.4. The fourth-order valence-corrected chi connectivity index (χ4v) is 6.94. The molecule has 0 saturated heterocycles. The summed E-state index contributed by atoms with van der Waals surface area (Å²) in [6.45, 7) is 3.98. The molecule has 2 aromatic heterocycles. The minimum atomic E-state index is 0.601. The Morgan fingerprint density at radius 1 is 0.288 bits per heavy atom. The molecular weight excluding hydrogens is 635 g/mol. The van der Waals surface area contributed by atoms with Crippen LogP contribution in [0.25, 0.3) is 89.4 Å². The third kappa shape index (κ3) is 5.99. The van der Waals surface area contributed by atoms with Crippen molar-refractivity contribution in [1.29, 1.82) is 0 Å². The topological polar surface area (TPSA) is 64.5 Å². The maximum Gasteiger partial charge on any atom is 0.164 e. The highest BCUT2D eigenvalue weighted by molar-refractivity contribution is 5.98. The predicted molar refractivity (Wildman–Crippen MR) is 213 cm³/mol. The standard InChI is InChI=1S/C47H33N5/c1-30-29-31(2)49-44(48-30)36-25-27-39(28-26-36)47-51-45(37-21-17-34(18-22-37)42-15-7-11-32-9-3-5-13-40(32)42)50-46(52-47)38-23-19-35(20-24-38)43-16-8-12-33-10-4-6-14-41(33)43/h3-29H,1-2H3. The van der Waals surface area contributed by atoms with E-state index >= 15 is 0 Å². The van der Waals surface area contributed by atoms with Gasteiger partial charge in [-0.2, -0.15) is 0 Å². The molecule has 7 aromatic carbocycles. The number of hydrogen-bond donors (Lipinski definition) is 0. The van der Waals surface area contributed by atoms with Crippen LogP contribution in [0.5, 0.6) is 0 Å². The number of aromatic nitrogens is 5. The average Bonchev–Trinajstić information content (AvgIpc) is 3.20. The summed E-state index contributed by atoms with van der Waals surface area (Å²) in [4.78, 5) is 24.4. The van der Waals surface area contributed by atoms with Gasteiger partial charge in [-0.25, -0.2) is 24.9 Å². The van der Waals surface area contributed by atoms with Crippen LogP contribution in [0.3, 0.4) is 0 Å². The van der Waals surface area contributed by atoms with Gasteiger partial charge in [0.15, 0.2) is 23.3 Å². The minimum Gasteiger partial charge on any atom is -0.233 e. The van der Waals surface area contributed by atoms with Crippen LogP contribution >= 0.6 is 0 Å². The first kappa shape index (κ1) is 31.2. The number of benzene rings is 7. The number of hydrogen-bond acceptors (Lipinski definition) is 5. The molecule has 0 amide bonds. The molecule has 0 atom stereocenters. The summed E-state index contributed by atoms with van der Waals surface area (Å²) >= 11 is 0. The molecule has 0 aliphatic heterocycles. The Labute approximate surface area is 302 Å². The van der Waals surface area contributed by atoms with E-state index in [4.69, 9.17) is 15.0 Å². The van der Waals surface area contributed by atoms with Crippen molar-refractivity contribution in [2.24, 2.45) is 0 Å². The van der Waals surface area contributed by atoms with Crippen molar-refractivity contribution >= 4 is 21.5 Å². The van der Waals surface area contributed by atoms with Gasteiger partial charge >= 0.3 is 0 Å². The zero-order valence-corrected chi connectivity index (χ0v) is 28.8. The summed E-state index contributed by atoms with van der Waals surface area (Å²) in [5.74, 6) is 2.54. The molecule has 5 heteroatoms. The molecular formula is C47H33N5. The summed E-state index contributed by atoms with van der Waals surface area (Å²) in [6, 6.07) is 57.0. The monoisotopic (exact) mass is 667 g/mol. The molecule has 9 aromatic rings. The molecule has 0 saturated carbocycles. The summed E-state index contributed by atoms with van der Waals surface area (Å²) in [7, 11) is 0. The molecule has 246 valence electrons. The first-order chi connectivity index (χ1) is 25.6. The fourth-order valence-electron chi connectivity index (χ4n) is 6.94. The van der Waals surface area contributed by atoms with Crippen molar-refractivity contribution in [1.82, 2.24) is 24.9 Å². The van der Waals surface area contributed by atoms with Gasteiger partial charge in [-0.1, -0.05) is 158 Å². The Morgan fingerprint density at radius 3 is 0.981 bits per heavy atom. The largest absolute Gasteiger partial charge is 0.233 e. The van der Waals surface area contributed by atoms with Crippen molar-refractivity contribution in [2.75, 3.05) is 0 Å². The van der Waals surface area contributed by atoms with Crippen LogP contribution in [0.2, 0.25) is 0 Å². The van der Waals surface area contributed by atoms with Gasteiger partial charge in [0, 0.05) is 33.6 Å². The highest BCUT2D eigenvalue weighted by Crippen LogP contribution is 2.33. The molecule has 0 fully saturated rings. The minimum absolute atomic E-state index is 0.601. The second-order valence-electron chi connectivity index (χ2n) is 13.1. The summed E-state index contributed by atoms with van der Waals surface area (Å²) in [5, 5.41) is 4.89. The first-order valence-corrected chi connectivity index (χ1v) is 17.4. The lowest BCUT2D eigenvalue weighted by Gasteiger charge is -2.11. The third-order valence-corrected chi connectivity index (χ3v) is 9.51. The van der Waals surface area contributed by atoms with Crippen LogP contribution in [0.15, 0.2) is 164 Å². The van der Waals surface area contributed by atoms with Crippen LogP contribution in [-0.2, 0) is 0 Å². The Morgan fingerprint density at radius 2 is 0.596 bits per heavy atom. The van der Waals surface area contributed by atoms with Crippen LogP contribution in [0.1, 0.15) is 11.4 Å². The molecule has 0 radical (unpaired) electrons. The van der Waals surface area contributed by atoms with Crippen molar-refractivity contribution in [3.05, 3.63) is 175 Å². The van der Waals surface area contributed by atoms with Crippen LogP contribution in [-0.4, -0.2) is 24.9 Å². The summed E-state index contributed by atoms with van der Waals surface area (Å²) in [6.07, 6.45) is 0. The van der Waals surface area contributed by atoms with E-state index in [0.717, 1.165) is 44.8 Å². The normalized spacial score (nSPS) is 11.3. The smallest absolute Gasteiger partial charge is 0.164 e. The maximum absolute atomic E-state index is 5.05. The lowest BCUT2D eigenvalue weighted by atomic mass is 9.97. The number of aryl methyl sites for hydroxylation is 2. The Balaban J connectivity index is 1.12. The molecule has 52 heavy (non-hydrogen) atoms. The van der Waals surface area contributed by atoms with E-state index in [2.05, 4.69) is 143 Å². The zero-order chi connectivity index (χ0) is 35.0. The van der Waals surface area contributed by atoms with E-state index < -0.39 is 0 Å². The van der Waals surface area contributed by atoms with E-state index in [1.54, 1.807) is 0 Å². The fraction of sp³-hybridized carbons (Fsp3) is 0.0426. The van der Waals surface area contributed by atoms with Gasteiger partial charge in [-0.05, 0) is 63.7 Å². The summed E-state index contributed by atoms with van der Waals surface area (Å²) in [5.41, 5.74) is 10.2. The molecule has 0 aliphatic rings. The number of nitrogens with zero attached hydrogens (tertiary/aromatic N) is 5. The number of fused-ring (bicyclic) bond motifs is 2. The molecule has 2 heterocycles. The molecule has 9 rings (SSSR count). The predicted octanol–water partition coefficient (Wildman–Crippen LogP) is 11.6. The molecule has 5 nitrogen and oxygen atoms in total. The van der Waals surface area contributed by atoms with Gasteiger partial charge in [0.25, 0.3) is 0 Å². The van der Waals surface area contributed by atoms with E-state index in [-0.39, 0.29) is 0 Å². The van der Waals surface area contributed by atoms with Crippen LogP contribution in [0.4, 0.5) is 0 Å². The Hall–Kier alpha value is -6.85. The third-order valence-electron chi connectivity index (χ3n) is 9.51. The van der Waals surface area contributed by atoms with Crippen LogP contribution in [0, 0.1) is 13.8 Å². The van der Waals surface area contributed by atoms with Crippen molar-refractivity contribution in [3.63, 3.8) is 0 Å². The lowest BCUT2D eigenvalue weighted by Crippen LogP contribution is -2.00. The van der Waals surface area contributed by atoms with E-state index in [0.29, 0.717) is 23.3 Å². The molecule has 0 unspecified atom stereocenters. The lowest BCUT2D eigenvalue weighted by molar-refractivity contribution is 1.06. The second kappa shape index (κ2) is 13.1. The molecule has 0 aliphatic carbocycles. The SMILES string of the molecule is Cc1cc(C)nc(-c2ccc(-c3nc(-c4ccc(-c5cccc6ccccc56)cc4)nc(-c4ccc(-c5cccc6ccccc56)cc4)n3)cc2)n1. The van der Waals surface area contributed by atoms with Gasteiger partial charge in [0.1, 0.15) is 0 Å². The second-order valence-corrected chi connectivity index (χ2v) is 13.1. The van der Waals surface area contributed by atoms with Gasteiger partial charge in [-0.15, -0.1) is 0 Å². The quantitative estimate of drug-likeness (QED) is 0.177. The molecule has 0 bridgehead atoms. The highest BCUT2D eigenvalue weighted by Gasteiger charge is 2.15. The van der Waals surface area contributed by atoms with E-state index in [9.17, 15) is 0 Å². The van der Waals surface area contributed by atoms with Gasteiger partial charge in [-0.3, -0.25) is 0 Å². The zero-order valence-electron chi connectivity index (χ0n) is 28.8. The van der Waals surface area contributed by atoms with E-state index in [1.165, 1.54) is 32.7 Å². The van der Waals surface area contributed by atoms with Crippen molar-refractivity contribution < 1.29 is 0 Å². The van der Waals surface area contributed by atoms with Gasteiger partial charge in [0.2, 0.25) is 0 Å². The van der Waals surface area contributed by atoms with Gasteiger partial charge in [0.05, 0.1) is 0 Å². The molecule has 0 spiro atoms. The highest BCUT2D eigenvalue weighted by atomic mass is 15.0. The van der Waals surface area contributed by atoms with Crippen molar-refractivity contribution in [2.45, 2.75) is 13.8 Å². The Bertz CT molecular complexity index is 2560. The average molecular weight is 668 g/mol. The maximum atomic E-state index is 5.05. The summed E-state index contributed by atoms with van der Waals surface area (Å²) < 4.78 is 0. The number of rotatable bonds is 6. The Kier molecular flexibility index (Phi) is 7.86. The van der Waals surface area contributed by atoms with E-state index in [1.807, 2.05) is 44.2 Å². The van der Waals surface area contributed by atoms with Crippen molar-refractivity contribution in [3.8, 4) is 67.8 Å². The molecule has 0 N–H and O–H groups in total. The van der Waals surface area contributed by atoms with Crippen LogP contribution < -0.4 is 0 Å². The van der Waals surface area contributed by atoms with Gasteiger partial charge < -0.3 is 0 Å².